The third-order valence-electron chi connectivity index (χ3n) is 2.76. The normalized spacial score (nSPS) is 10.6. The number of primary amides is 1. The standard InChI is InChI=1S/C15H12N2O2S/c16-14(18)9-19-11-5-3-4-10(8-11)15-17-12-6-1-2-7-13(12)20-15/h1-8H,9H2,(H2,16,18). The van der Waals surface area contributed by atoms with Crippen LogP contribution >= 0.6 is 11.3 Å². The summed E-state index contributed by atoms with van der Waals surface area (Å²) >= 11 is 1.63. The molecule has 2 N–H and O–H groups in total. The second-order valence-electron chi connectivity index (χ2n) is 4.27. The van der Waals surface area contributed by atoms with Crippen LogP contribution in [0.25, 0.3) is 20.8 Å². The SMILES string of the molecule is NC(=O)COc1cccc(-c2nc3ccccc3s2)c1. The second kappa shape index (κ2) is 5.30. The summed E-state index contributed by atoms with van der Waals surface area (Å²) < 4.78 is 6.45. The molecule has 0 saturated heterocycles. The van der Waals surface area contributed by atoms with Gasteiger partial charge in [-0.25, -0.2) is 4.98 Å². The summed E-state index contributed by atoms with van der Waals surface area (Å²) in [7, 11) is 0. The van der Waals surface area contributed by atoms with Gasteiger partial charge < -0.3 is 10.5 Å². The predicted octanol–water partition coefficient (Wildman–Crippen LogP) is 2.83. The summed E-state index contributed by atoms with van der Waals surface area (Å²) in [5.41, 5.74) is 7.01. The minimum absolute atomic E-state index is 0.122. The van der Waals surface area contributed by atoms with Gasteiger partial charge in [-0.15, -0.1) is 11.3 Å². The van der Waals surface area contributed by atoms with Gasteiger partial charge in [0.25, 0.3) is 5.91 Å². The Hall–Kier alpha value is -2.40. The summed E-state index contributed by atoms with van der Waals surface area (Å²) in [5, 5.41) is 0.927. The van der Waals surface area contributed by atoms with Gasteiger partial charge in [0.15, 0.2) is 6.61 Å². The molecule has 0 radical (unpaired) electrons. The Labute approximate surface area is 119 Å². The van der Waals surface area contributed by atoms with Crippen molar-refractivity contribution >= 4 is 27.5 Å². The van der Waals surface area contributed by atoms with Crippen LogP contribution in [0.4, 0.5) is 0 Å². The number of hydrogen-bond donors (Lipinski definition) is 1. The third kappa shape index (κ3) is 2.62. The molecule has 0 atom stereocenters. The van der Waals surface area contributed by atoms with E-state index in [-0.39, 0.29) is 6.61 Å². The fraction of sp³-hybridized carbons (Fsp3) is 0.0667. The molecule has 0 saturated carbocycles. The van der Waals surface area contributed by atoms with Crippen molar-refractivity contribution in [2.45, 2.75) is 0 Å². The van der Waals surface area contributed by atoms with Crippen molar-refractivity contribution in [3.05, 3.63) is 48.5 Å². The van der Waals surface area contributed by atoms with Crippen molar-refractivity contribution in [3.8, 4) is 16.3 Å². The smallest absolute Gasteiger partial charge is 0.255 e. The molecule has 0 fully saturated rings. The second-order valence-corrected chi connectivity index (χ2v) is 5.30. The number of carbonyl (C=O) groups is 1. The van der Waals surface area contributed by atoms with Gasteiger partial charge in [-0.1, -0.05) is 24.3 Å². The first-order chi connectivity index (χ1) is 9.72. The quantitative estimate of drug-likeness (QED) is 0.801. The first-order valence-electron chi connectivity index (χ1n) is 6.09. The summed E-state index contributed by atoms with van der Waals surface area (Å²) in [5.74, 6) is 0.121. The van der Waals surface area contributed by atoms with E-state index in [0.29, 0.717) is 5.75 Å². The predicted molar refractivity (Wildman–Crippen MR) is 79.7 cm³/mol. The van der Waals surface area contributed by atoms with E-state index >= 15 is 0 Å². The minimum Gasteiger partial charge on any atom is -0.484 e. The number of thiazole rings is 1. The van der Waals surface area contributed by atoms with Crippen LogP contribution in [0, 0.1) is 0 Å². The third-order valence-corrected chi connectivity index (χ3v) is 3.84. The van der Waals surface area contributed by atoms with E-state index in [1.165, 1.54) is 0 Å². The topological polar surface area (TPSA) is 65.2 Å². The van der Waals surface area contributed by atoms with Crippen molar-refractivity contribution < 1.29 is 9.53 Å². The van der Waals surface area contributed by atoms with Crippen molar-refractivity contribution in [1.29, 1.82) is 0 Å². The lowest BCUT2D eigenvalue weighted by Crippen LogP contribution is -2.19. The van der Waals surface area contributed by atoms with Crippen molar-refractivity contribution in [2.75, 3.05) is 6.61 Å². The van der Waals surface area contributed by atoms with Crippen molar-refractivity contribution in [1.82, 2.24) is 4.98 Å². The zero-order chi connectivity index (χ0) is 13.9. The Morgan fingerprint density at radius 3 is 2.85 bits per heavy atom. The number of ether oxygens (including phenoxy) is 1. The van der Waals surface area contributed by atoms with E-state index in [2.05, 4.69) is 4.98 Å². The molecule has 1 aromatic heterocycles. The van der Waals surface area contributed by atoms with Crippen LogP contribution in [0.15, 0.2) is 48.5 Å². The van der Waals surface area contributed by atoms with Gasteiger partial charge in [0, 0.05) is 5.56 Å². The van der Waals surface area contributed by atoms with Gasteiger partial charge in [-0.3, -0.25) is 4.79 Å². The van der Waals surface area contributed by atoms with E-state index in [1.807, 2.05) is 42.5 Å². The lowest BCUT2D eigenvalue weighted by Gasteiger charge is -2.04. The fourth-order valence-electron chi connectivity index (χ4n) is 1.87. The molecule has 100 valence electrons. The first kappa shape index (κ1) is 12.6. The molecule has 0 unspecified atom stereocenters. The molecule has 0 bridgehead atoms. The van der Waals surface area contributed by atoms with Gasteiger partial charge in [-0.2, -0.15) is 0 Å². The lowest BCUT2D eigenvalue weighted by atomic mass is 10.2. The van der Waals surface area contributed by atoms with E-state index in [4.69, 9.17) is 10.5 Å². The van der Waals surface area contributed by atoms with Gasteiger partial charge in [0.2, 0.25) is 0 Å². The number of amides is 1. The highest BCUT2D eigenvalue weighted by Gasteiger charge is 2.07. The van der Waals surface area contributed by atoms with E-state index in [1.54, 1.807) is 17.4 Å². The molecule has 0 aliphatic carbocycles. The van der Waals surface area contributed by atoms with Crippen LogP contribution in [0.2, 0.25) is 0 Å². The molecule has 0 aliphatic heterocycles. The zero-order valence-corrected chi connectivity index (χ0v) is 11.4. The Kier molecular flexibility index (Phi) is 3.35. The molecule has 0 aliphatic rings. The highest BCUT2D eigenvalue weighted by atomic mass is 32.1. The highest BCUT2D eigenvalue weighted by Crippen LogP contribution is 2.31. The average Bonchev–Trinajstić information content (AvgIpc) is 2.89. The van der Waals surface area contributed by atoms with Crippen molar-refractivity contribution in [2.24, 2.45) is 5.73 Å². The number of nitrogens with two attached hydrogens (primary N) is 1. The number of rotatable bonds is 4. The largest absolute Gasteiger partial charge is 0.484 e. The van der Waals surface area contributed by atoms with Crippen LogP contribution in [0.1, 0.15) is 0 Å². The zero-order valence-electron chi connectivity index (χ0n) is 10.6. The molecule has 1 amide bonds. The highest BCUT2D eigenvalue weighted by molar-refractivity contribution is 7.21. The van der Waals surface area contributed by atoms with Crippen LogP contribution < -0.4 is 10.5 Å². The summed E-state index contributed by atoms with van der Waals surface area (Å²) in [6.07, 6.45) is 0. The lowest BCUT2D eigenvalue weighted by molar-refractivity contribution is -0.119. The van der Waals surface area contributed by atoms with Gasteiger partial charge >= 0.3 is 0 Å². The molecule has 5 heteroatoms. The monoisotopic (exact) mass is 284 g/mol. The molecule has 1 heterocycles. The molecule has 3 aromatic rings. The van der Waals surface area contributed by atoms with Crippen LogP contribution in [-0.4, -0.2) is 17.5 Å². The number of para-hydroxylation sites is 1. The number of hydrogen-bond acceptors (Lipinski definition) is 4. The van der Waals surface area contributed by atoms with E-state index in [9.17, 15) is 4.79 Å². The summed E-state index contributed by atoms with van der Waals surface area (Å²) in [6, 6.07) is 15.5. The Morgan fingerprint density at radius 1 is 1.20 bits per heavy atom. The Morgan fingerprint density at radius 2 is 2.05 bits per heavy atom. The fourth-order valence-corrected chi connectivity index (χ4v) is 2.83. The number of carbonyl (C=O) groups excluding carboxylic acids is 1. The number of benzene rings is 2. The number of nitrogens with zero attached hydrogens (tertiary/aromatic N) is 1. The Bertz CT molecular complexity index is 734. The van der Waals surface area contributed by atoms with Gasteiger partial charge in [-0.05, 0) is 24.3 Å². The van der Waals surface area contributed by atoms with Crippen molar-refractivity contribution in [3.63, 3.8) is 0 Å². The molecule has 20 heavy (non-hydrogen) atoms. The number of aromatic nitrogens is 1. The summed E-state index contributed by atoms with van der Waals surface area (Å²) in [6.45, 7) is -0.122. The average molecular weight is 284 g/mol. The van der Waals surface area contributed by atoms with E-state index < -0.39 is 5.91 Å². The van der Waals surface area contributed by atoms with Crippen LogP contribution in [0.3, 0.4) is 0 Å². The summed E-state index contributed by atoms with van der Waals surface area (Å²) in [4.78, 5) is 15.3. The molecular formula is C15H12N2O2S. The van der Waals surface area contributed by atoms with Crippen LogP contribution in [0.5, 0.6) is 5.75 Å². The molecule has 4 nitrogen and oxygen atoms in total. The van der Waals surface area contributed by atoms with Gasteiger partial charge in [0.05, 0.1) is 10.2 Å². The molecular weight excluding hydrogens is 272 g/mol. The Balaban J connectivity index is 1.93. The first-order valence-corrected chi connectivity index (χ1v) is 6.91. The minimum atomic E-state index is -0.490. The van der Waals surface area contributed by atoms with E-state index in [0.717, 1.165) is 20.8 Å². The number of fused-ring (bicyclic) bond motifs is 1. The molecule has 0 spiro atoms. The molecule has 2 aromatic carbocycles. The maximum Gasteiger partial charge on any atom is 0.255 e. The van der Waals surface area contributed by atoms with Gasteiger partial charge in [0.1, 0.15) is 10.8 Å². The maximum atomic E-state index is 10.7. The van der Waals surface area contributed by atoms with Crippen LogP contribution in [-0.2, 0) is 4.79 Å². The molecule has 3 rings (SSSR count). The maximum absolute atomic E-state index is 10.7.